The molecule has 0 aromatic heterocycles. The van der Waals surface area contributed by atoms with Crippen molar-refractivity contribution >= 4 is 30.1 Å². The quantitative estimate of drug-likeness (QED) is 0.921. The fraction of sp³-hybridized carbons (Fsp3) is 0.467. The van der Waals surface area contributed by atoms with Crippen LogP contribution < -0.4 is 10.1 Å². The summed E-state index contributed by atoms with van der Waals surface area (Å²) < 4.78 is 5.16. The van der Waals surface area contributed by atoms with Gasteiger partial charge in [0.05, 0.1) is 6.54 Å². The molecule has 1 saturated heterocycles. The van der Waals surface area contributed by atoms with Crippen molar-refractivity contribution < 1.29 is 14.3 Å². The van der Waals surface area contributed by atoms with E-state index in [2.05, 4.69) is 10.2 Å². The van der Waals surface area contributed by atoms with Crippen molar-refractivity contribution in [2.75, 3.05) is 39.0 Å². The lowest BCUT2D eigenvalue weighted by molar-refractivity contribution is -0.117. The molecule has 2 amide bonds. The molecule has 0 atom stereocenters. The van der Waals surface area contributed by atoms with E-state index in [4.69, 9.17) is 4.74 Å². The first-order valence-corrected chi connectivity index (χ1v) is 7.06. The zero-order valence-electron chi connectivity index (χ0n) is 12.9. The second-order valence-electron chi connectivity index (χ2n) is 5.32. The van der Waals surface area contributed by atoms with E-state index in [1.54, 1.807) is 38.4 Å². The molecule has 1 heterocycles. The Kier molecular flexibility index (Phi) is 7.14. The first-order chi connectivity index (χ1) is 10.0. The van der Waals surface area contributed by atoms with Gasteiger partial charge in [-0.05, 0) is 38.1 Å². The molecule has 1 aliphatic heterocycles. The first-order valence-electron chi connectivity index (χ1n) is 7.06. The molecule has 0 unspecified atom stereocenters. The number of carbonyl (C=O) groups excluding carboxylic acids is 2. The number of hydrogen-bond donors (Lipinski definition) is 1. The van der Waals surface area contributed by atoms with E-state index in [1.165, 1.54) is 4.90 Å². The van der Waals surface area contributed by atoms with Gasteiger partial charge in [0.2, 0.25) is 5.91 Å². The summed E-state index contributed by atoms with van der Waals surface area (Å²) >= 11 is 0. The molecule has 6 nitrogen and oxygen atoms in total. The van der Waals surface area contributed by atoms with Crippen LogP contribution in [0.4, 0.5) is 10.5 Å². The first kappa shape index (κ1) is 18.3. The Morgan fingerprint density at radius 2 is 1.95 bits per heavy atom. The molecule has 1 aromatic carbocycles. The lowest BCUT2D eigenvalue weighted by atomic mass is 10.3. The Morgan fingerprint density at radius 3 is 2.59 bits per heavy atom. The summed E-state index contributed by atoms with van der Waals surface area (Å²) in [5.74, 6) is 0.362. The van der Waals surface area contributed by atoms with E-state index < -0.39 is 6.09 Å². The lowest BCUT2D eigenvalue weighted by Crippen LogP contribution is -2.30. The Bertz CT molecular complexity index is 517. The molecule has 1 aliphatic rings. The second kappa shape index (κ2) is 8.60. The molecule has 1 aromatic rings. The van der Waals surface area contributed by atoms with Crippen LogP contribution in [-0.4, -0.2) is 55.5 Å². The fourth-order valence-electron chi connectivity index (χ4n) is 2.17. The topological polar surface area (TPSA) is 61.9 Å². The molecule has 22 heavy (non-hydrogen) atoms. The van der Waals surface area contributed by atoms with Crippen LogP contribution in [0.25, 0.3) is 0 Å². The Labute approximate surface area is 136 Å². The molecule has 7 heteroatoms. The molecule has 0 spiro atoms. The van der Waals surface area contributed by atoms with Crippen molar-refractivity contribution in [3.05, 3.63) is 24.3 Å². The van der Waals surface area contributed by atoms with Crippen molar-refractivity contribution in [2.45, 2.75) is 12.8 Å². The summed E-state index contributed by atoms with van der Waals surface area (Å²) in [5.41, 5.74) is 0.628. The van der Waals surface area contributed by atoms with Gasteiger partial charge in [0.25, 0.3) is 0 Å². The van der Waals surface area contributed by atoms with Gasteiger partial charge in [0.15, 0.2) is 0 Å². The highest BCUT2D eigenvalue weighted by atomic mass is 35.5. The molecule has 0 saturated carbocycles. The zero-order chi connectivity index (χ0) is 15.2. The number of carbonyl (C=O) groups is 2. The third-order valence-electron chi connectivity index (χ3n) is 3.25. The second-order valence-corrected chi connectivity index (χ2v) is 5.32. The highest BCUT2D eigenvalue weighted by molar-refractivity contribution is 5.92. The highest BCUT2D eigenvalue weighted by Crippen LogP contribution is 2.18. The number of hydrogen-bond acceptors (Lipinski definition) is 4. The average molecular weight is 328 g/mol. The largest absolute Gasteiger partial charge is 0.414 e. The van der Waals surface area contributed by atoms with Crippen LogP contribution in [0.15, 0.2) is 24.3 Å². The van der Waals surface area contributed by atoms with Crippen LogP contribution in [0.5, 0.6) is 5.75 Å². The number of amides is 2. The van der Waals surface area contributed by atoms with E-state index >= 15 is 0 Å². The summed E-state index contributed by atoms with van der Waals surface area (Å²) in [6.45, 7) is 2.36. The van der Waals surface area contributed by atoms with Crippen molar-refractivity contribution in [1.82, 2.24) is 9.80 Å². The predicted molar refractivity (Wildman–Crippen MR) is 87.7 cm³/mol. The SMILES string of the molecule is CN(C)C(=O)Oc1cccc(NC(=O)CN2CCCC2)c1.Cl. The van der Waals surface area contributed by atoms with Gasteiger partial charge in [-0.1, -0.05) is 6.07 Å². The molecule has 0 radical (unpaired) electrons. The van der Waals surface area contributed by atoms with Gasteiger partial charge in [0.1, 0.15) is 5.75 Å². The van der Waals surface area contributed by atoms with Crippen LogP contribution in [0.2, 0.25) is 0 Å². The molecule has 2 rings (SSSR count). The number of nitrogens with zero attached hydrogens (tertiary/aromatic N) is 2. The molecule has 122 valence electrons. The summed E-state index contributed by atoms with van der Waals surface area (Å²) in [6, 6.07) is 6.83. The van der Waals surface area contributed by atoms with Crippen molar-refractivity contribution in [2.24, 2.45) is 0 Å². The van der Waals surface area contributed by atoms with E-state index in [-0.39, 0.29) is 18.3 Å². The lowest BCUT2D eigenvalue weighted by Gasteiger charge is -2.15. The Morgan fingerprint density at radius 1 is 1.27 bits per heavy atom. The summed E-state index contributed by atoms with van der Waals surface area (Å²) in [4.78, 5) is 26.9. The summed E-state index contributed by atoms with van der Waals surface area (Å²) in [5, 5.41) is 2.83. The minimum absolute atomic E-state index is 0. The zero-order valence-corrected chi connectivity index (χ0v) is 13.7. The van der Waals surface area contributed by atoms with Crippen LogP contribution in [0.1, 0.15) is 12.8 Å². The van der Waals surface area contributed by atoms with Crippen LogP contribution in [0, 0.1) is 0 Å². The Hall–Kier alpha value is -1.79. The van der Waals surface area contributed by atoms with Gasteiger partial charge in [-0.2, -0.15) is 0 Å². The number of rotatable bonds is 4. The maximum Gasteiger partial charge on any atom is 0.414 e. The standard InChI is InChI=1S/C15H21N3O3.ClH/c1-17(2)15(20)21-13-7-5-6-12(10-13)16-14(19)11-18-8-3-4-9-18;/h5-7,10H,3-4,8-9,11H2,1-2H3,(H,16,19);1H. The summed E-state index contributed by atoms with van der Waals surface area (Å²) in [7, 11) is 3.23. The van der Waals surface area contributed by atoms with Gasteiger partial charge >= 0.3 is 6.09 Å². The van der Waals surface area contributed by atoms with E-state index in [0.29, 0.717) is 18.0 Å². The maximum atomic E-state index is 11.9. The third-order valence-corrected chi connectivity index (χ3v) is 3.25. The van der Waals surface area contributed by atoms with Gasteiger partial charge < -0.3 is 15.0 Å². The molecule has 1 fully saturated rings. The van der Waals surface area contributed by atoms with Crippen molar-refractivity contribution in [3.8, 4) is 5.75 Å². The summed E-state index contributed by atoms with van der Waals surface area (Å²) in [6.07, 6.45) is 1.86. The maximum absolute atomic E-state index is 11.9. The number of benzene rings is 1. The minimum atomic E-state index is -0.449. The molecule has 1 N–H and O–H groups in total. The predicted octanol–water partition coefficient (Wildman–Crippen LogP) is 2.20. The number of nitrogens with one attached hydrogen (secondary N) is 1. The van der Waals surface area contributed by atoms with Crippen LogP contribution in [-0.2, 0) is 4.79 Å². The highest BCUT2D eigenvalue weighted by Gasteiger charge is 2.15. The monoisotopic (exact) mass is 327 g/mol. The van der Waals surface area contributed by atoms with E-state index in [9.17, 15) is 9.59 Å². The van der Waals surface area contributed by atoms with E-state index in [0.717, 1.165) is 25.9 Å². The average Bonchev–Trinajstić information content (AvgIpc) is 2.91. The van der Waals surface area contributed by atoms with Gasteiger partial charge in [-0.3, -0.25) is 9.69 Å². The third kappa shape index (κ3) is 5.54. The Balaban J connectivity index is 0.00000242. The van der Waals surface area contributed by atoms with Crippen LogP contribution >= 0.6 is 12.4 Å². The van der Waals surface area contributed by atoms with Crippen molar-refractivity contribution in [3.63, 3.8) is 0 Å². The number of anilines is 1. The minimum Gasteiger partial charge on any atom is -0.410 e. The number of likely N-dealkylation sites (tertiary alicyclic amines) is 1. The molecular formula is C15H22ClN3O3. The number of ether oxygens (including phenoxy) is 1. The van der Waals surface area contributed by atoms with Crippen LogP contribution in [0.3, 0.4) is 0 Å². The molecule has 0 aliphatic carbocycles. The van der Waals surface area contributed by atoms with Gasteiger partial charge in [0, 0.05) is 25.8 Å². The number of halogens is 1. The van der Waals surface area contributed by atoms with Crippen molar-refractivity contribution in [1.29, 1.82) is 0 Å². The van der Waals surface area contributed by atoms with Gasteiger partial charge in [-0.15, -0.1) is 12.4 Å². The van der Waals surface area contributed by atoms with E-state index in [1.807, 2.05) is 0 Å². The molecular weight excluding hydrogens is 306 g/mol. The molecule has 0 bridgehead atoms. The van der Waals surface area contributed by atoms with Gasteiger partial charge in [-0.25, -0.2) is 4.79 Å². The smallest absolute Gasteiger partial charge is 0.410 e. The normalized spacial score (nSPS) is 14.1. The fourth-order valence-corrected chi connectivity index (χ4v) is 2.17.